The van der Waals surface area contributed by atoms with Crippen molar-refractivity contribution in [3.05, 3.63) is 118 Å². The Bertz CT molecular complexity index is 1780. The van der Waals surface area contributed by atoms with Crippen molar-refractivity contribution in [2.75, 3.05) is 6.61 Å². The summed E-state index contributed by atoms with van der Waals surface area (Å²) in [6.45, 7) is 3.64. The van der Waals surface area contributed by atoms with Crippen molar-refractivity contribution in [2.45, 2.75) is 19.9 Å². The third-order valence-electron chi connectivity index (χ3n) is 5.96. The number of hydrogen-bond acceptors (Lipinski definition) is 8. The summed E-state index contributed by atoms with van der Waals surface area (Å²) in [5.74, 6) is 0.233. The number of hydrogen-bond donors (Lipinski definition) is 0. The molecule has 1 unspecified atom stereocenters. The van der Waals surface area contributed by atoms with Crippen LogP contribution < -0.4 is 14.9 Å². The van der Waals surface area contributed by atoms with E-state index >= 15 is 0 Å². The van der Waals surface area contributed by atoms with Crippen molar-refractivity contribution in [1.82, 2.24) is 4.57 Å². The summed E-state index contributed by atoms with van der Waals surface area (Å²) in [4.78, 5) is 42.2. The Balaban J connectivity index is 1.61. The average Bonchev–Trinajstić information content (AvgIpc) is 3.48. The fourth-order valence-electron chi connectivity index (χ4n) is 4.26. The Morgan fingerprint density at radius 2 is 2.00 bits per heavy atom. The lowest BCUT2D eigenvalue weighted by Crippen LogP contribution is -2.39. The Labute approximate surface area is 224 Å². The molecule has 11 heteroatoms. The van der Waals surface area contributed by atoms with Crippen LogP contribution in [0, 0.1) is 10.1 Å². The first-order chi connectivity index (χ1) is 18.3. The molecular formula is C27H20ClN3O6S. The minimum Gasteiger partial charge on any atom is -0.463 e. The molecule has 2 aromatic heterocycles. The van der Waals surface area contributed by atoms with E-state index in [1.54, 1.807) is 38.1 Å². The number of carbonyl (C=O) groups excluding carboxylic acids is 1. The largest absolute Gasteiger partial charge is 0.463 e. The lowest BCUT2D eigenvalue weighted by Gasteiger charge is -2.24. The molecule has 192 valence electrons. The number of nitro benzene ring substituents is 1. The Morgan fingerprint density at radius 1 is 1.24 bits per heavy atom. The summed E-state index contributed by atoms with van der Waals surface area (Å²) < 4.78 is 13.0. The first kappa shape index (κ1) is 25.4. The number of nitrogens with zero attached hydrogens (tertiary/aromatic N) is 3. The highest BCUT2D eigenvalue weighted by Crippen LogP contribution is 2.32. The highest BCUT2D eigenvalue weighted by molar-refractivity contribution is 7.07. The highest BCUT2D eigenvalue weighted by Gasteiger charge is 2.33. The monoisotopic (exact) mass is 549 g/mol. The maximum Gasteiger partial charge on any atom is 0.338 e. The van der Waals surface area contributed by atoms with E-state index in [2.05, 4.69) is 4.99 Å². The summed E-state index contributed by atoms with van der Waals surface area (Å²) in [6.07, 6.45) is 1.59. The lowest BCUT2D eigenvalue weighted by atomic mass is 9.96. The van der Waals surface area contributed by atoms with Crippen LogP contribution in [-0.4, -0.2) is 22.1 Å². The molecule has 0 bridgehead atoms. The molecule has 0 aliphatic carbocycles. The number of rotatable bonds is 6. The molecule has 0 amide bonds. The van der Waals surface area contributed by atoms with Gasteiger partial charge in [-0.2, -0.15) is 0 Å². The molecular weight excluding hydrogens is 530 g/mol. The zero-order chi connectivity index (χ0) is 27.0. The topological polar surface area (TPSA) is 117 Å². The summed E-state index contributed by atoms with van der Waals surface area (Å²) in [5.41, 5.74) is 1.44. The summed E-state index contributed by atoms with van der Waals surface area (Å²) >= 11 is 7.09. The fraction of sp³-hybridized carbons (Fsp3) is 0.148. The first-order valence-electron chi connectivity index (χ1n) is 11.6. The number of nitro groups is 1. The van der Waals surface area contributed by atoms with Gasteiger partial charge in [0.1, 0.15) is 16.5 Å². The van der Waals surface area contributed by atoms with E-state index in [1.807, 2.05) is 30.3 Å². The smallest absolute Gasteiger partial charge is 0.338 e. The van der Waals surface area contributed by atoms with Gasteiger partial charge in [-0.25, -0.2) is 9.79 Å². The molecule has 0 saturated heterocycles. The van der Waals surface area contributed by atoms with Crippen LogP contribution in [0.25, 0.3) is 17.4 Å². The Hall–Kier alpha value is -4.28. The van der Waals surface area contributed by atoms with Crippen molar-refractivity contribution in [3.8, 4) is 11.3 Å². The zero-order valence-electron chi connectivity index (χ0n) is 20.2. The number of ether oxygens (including phenoxy) is 1. The second-order valence-corrected chi connectivity index (χ2v) is 9.75. The second-order valence-electron chi connectivity index (χ2n) is 8.34. The molecule has 0 spiro atoms. The van der Waals surface area contributed by atoms with Gasteiger partial charge in [0.25, 0.3) is 11.2 Å². The Morgan fingerprint density at radius 3 is 2.71 bits per heavy atom. The summed E-state index contributed by atoms with van der Waals surface area (Å²) in [6, 6.07) is 16.3. The molecule has 1 atom stereocenters. The second kappa shape index (κ2) is 10.2. The van der Waals surface area contributed by atoms with Crippen LogP contribution >= 0.6 is 22.9 Å². The summed E-state index contributed by atoms with van der Waals surface area (Å²) in [7, 11) is 0. The Kier molecular flexibility index (Phi) is 6.83. The predicted molar refractivity (Wildman–Crippen MR) is 143 cm³/mol. The van der Waals surface area contributed by atoms with E-state index in [0.29, 0.717) is 37.7 Å². The molecule has 5 rings (SSSR count). The number of benzene rings is 2. The third kappa shape index (κ3) is 4.59. The quantitative estimate of drug-likeness (QED) is 0.197. The van der Waals surface area contributed by atoms with E-state index in [-0.39, 0.29) is 22.9 Å². The van der Waals surface area contributed by atoms with Crippen molar-refractivity contribution >= 4 is 40.7 Å². The number of carbonyl (C=O) groups is 1. The normalized spacial score (nSPS) is 15.2. The zero-order valence-corrected chi connectivity index (χ0v) is 21.8. The average molecular weight is 550 g/mol. The van der Waals surface area contributed by atoms with Crippen LogP contribution in [0.1, 0.15) is 31.2 Å². The molecule has 0 N–H and O–H groups in total. The van der Waals surface area contributed by atoms with Gasteiger partial charge in [0.2, 0.25) is 0 Å². The van der Waals surface area contributed by atoms with Gasteiger partial charge < -0.3 is 9.15 Å². The molecule has 1 aliphatic heterocycles. The van der Waals surface area contributed by atoms with Gasteiger partial charge in [-0.15, -0.1) is 0 Å². The number of thiazole rings is 1. The van der Waals surface area contributed by atoms with Gasteiger partial charge in [-0.3, -0.25) is 19.5 Å². The number of fused-ring (bicyclic) bond motifs is 1. The predicted octanol–water partition coefficient (Wildman–Crippen LogP) is 4.62. The van der Waals surface area contributed by atoms with Gasteiger partial charge in [-0.05, 0) is 43.7 Å². The lowest BCUT2D eigenvalue weighted by molar-refractivity contribution is -0.384. The maximum absolute atomic E-state index is 13.6. The van der Waals surface area contributed by atoms with Crippen molar-refractivity contribution < 1.29 is 18.9 Å². The van der Waals surface area contributed by atoms with Gasteiger partial charge >= 0.3 is 5.97 Å². The van der Waals surface area contributed by atoms with Crippen LogP contribution in [0.15, 0.2) is 86.1 Å². The molecule has 0 radical (unpaired) electrons. The minimum atomic E-state index is -0.699. The van der Waals surface area contributed by atoms with Crippen molar-refractivity contribution in [2.24, 2.45) is 4.99 Å². The molecule has 2 aromatic carbocycles. The van der Waals surface area contributed by atoms with Crippen molar-refractivity contribution in [1.29, 1.82) is 0 Å². The van der Waals surface area contributed by atoms with Crippen LogP contribution in [-0.2, 0) is 9.53 Å². The van der Waals surface area contributed by atoms with Gasteiger partial charge in [0.05, 0.1) is 33.4 Å². The highest BCUT2D eigenvalue weighted by atomic mass is 35.5. The van der Waals surface area contributed by atoms with E-state index in [4.69, 9.17) is 20.8 Å². The van der Waals surface area contributed by atoms with Gasteiger partial charge in [0.15, 0.2) is 4.80 Å². The molecule has 38 heavy (non-hydrogen) atoms. The van der Waals surface area contributed by atoms with Gasteiger partial charge in [-0.1, -0.05) is 53.3 Å². The molecule has 9 nitrogen and oxygen atoms in total. The maximum atomic E-state index is 13.6. The minimum absolute atomic E-state index is 0.0251. The molecule has 1 aliphatic rings. The van der Waals surface area contributed by atoms with Crippen LogP contribution in [0.5, 0.6) is 0 Å². The van der Waals surface area contributed by atoms with E-state index < -0.39 is 16.9 Å². The molecule has 0 saturated carbocycles. The first-order valence-corrected chi connectivity index (χ1v) is 12.8. The number of halogens is 1. The van der Waals surface area contributed by atoms with Gasteiger partial charge in [0, 0.05) is 17.7 Å². The van der Waals surface area contributed by atoms with E-state index in [9.17, 15) is 19.7 Å². The van der Waals surface area contributed by atoms with Crippen molar-refractivity contribution in [3.63, 3.8) is 0 Å². The number of aromatic nitrogens is 1. The summed E-state index contributed by atoms with van der Waals surface area (Å²) in [5, 5.41) is 11.3. The van der Waals surface area contributed by atoms with Crippen LogP contribution in [0.3, 0.4) is 0 Å². The SMILES string of the molecule is CCOC(=O)C1=C(C)N=c2s/c(=C/c3ccc(-c4ccc(Cl)c([N+](=O)[O-])c4)o3)c(=O)n2C1c1ccccc1. The van der Waals surface area contributed by atoms with Crippen LogP contribution in [0.4, 0.5) is 5.69 Å². The third-order valence-corrected chi connectivity index (χ3v) is 7.26. The number of allylic oxidation sites excluding steroid dienone is 1. The number of esters is 1. The van der Waals surface area contributed by atoms with E-state index in [0.717, 1.165) is 5.56 Å². The molecule has 3 heterocycles. The van der Waals surface area contributed by atoms with Crippen LogP contribution in [0.2, 0.25) is 5.02 Å². The molecule has 0 fully saturated rings. The number of furan rings is 1. The van der Waals surface area contributed by atoms with E-state index in [1.165, 1.54) is 28.0 Å². The fourth-order valence-corrected chi connectivity index (χ4v) is 5.48. The molecule has 4 aromatic rings. The standard InChI is InChI=1S/C27H20ClN3O6S/c1-3-36-26(33)23-15(2)29-27-30(24(23)16-7-5-4-6-8-16)25(32)22(38-27)14-18-10-12-21(37-18)17-9-11-19(28)20(13-17)31(34)35/h4-14,24H,3H2,1-2H3/b22-14+.